The zero-order valence-electron chi connectivity index (χ0n) is 16.1. The minimum atomic E-state index is -5.43. The average Bonchev–Trinajstić information content (AvgIpc) is 3.13. The minimum absolute atomic E-state index is 0.160. The van der Waals surface area contributed by atoms with E-state index < -0.39 is 56.7 Å². The van der Waals surface area contributed by atoms with Crippen LogP contribution in [-0.4, -0.2) is 97.0 Å². The summed E-state index contributed by atoms with van der Waals surface area (Å²) < 4.78 is 62.9. The number of aliphatic carboxylic acids is 1. The third kappa shape index (κ3) is 4.42. The van der Waals surface area contributed by atoms with E-state index in [-0.39, 0.29) is 17.2 Å². The van der Waals surface area contributed by atoms with Crippen molar-refractivity contribution in [1.29, 1.82) is 0 Å². The van der Waals surface area contributed by atoms with Gasteiger partial charge in [0.05, 0.1) is 0 Å². The number of thioether (sulfide) groups is 2. The van der Waals surface area contributed by atoms with Crippen LogP contribution in [0.25, 0.3) is 0 Å². The van der Waals surface area contributed by atoms with Crippen LogP contribution in [0.2, 0.25) is 0 Å². The second-order valence-corrected chi connectivity index (χ2v) is 10.8. The van der Waals surface area contributed by atoms with Crippen molar-refractivity contribution in [1.82, 2.24) is 30.4 Å². The van der Waals surface area contributed by atoms with E-state index in [2.05, 4.69) is 15.5 Å². The molecule has 3 heterocycles. The molecule has 0 aromatic carbocycles. The number of fused-ring (bicyclic) bond motifs is 1. The quantitative estimate of drug-likeness (QED) is 0.306. The molecule has 1 aromatic heterocycles. The van der Waals surface area contributed by atoms with Crippen LogP contribution >= 0.6 is 23.5 Å². The Morgan fingerprint density at radius 3 is 2.66 bits per heavy atom. The van der Waals surface area contributed by atoms with Gasteiger partial charge < -0.3 is 10.4 Å². The van der Waals surface area contributed by atoms with E-state index in [1.807, 2.05) is 5.32 Å². The molecule has 2 aliphatic heterocycles. The van der Waals surface area contributed by atoms with E-state index >= 15 is 0 Å². The van der Waals surface area contributed by atoms with Crippen LogP contribution in [0, 0.1) is 0 Å². The molecule has 32 heavy (non-hydrogen) atoms. The van der Waals surface area contributed by atoms with Crippen molar-refractivity contribution in [3.05, 3.63) is 11.3 Å². The molecule has 0 aliphatic carbocycles. The summed E-state index contributed by atoms with van der Waals surface area (Å²) in [4.78, 5) is 37.1. The molecule has 2 aliphatic rings. The van der Waals surface area contributed by atoms with Crippen molar-refractivity contribution in [2.24, 2.45) is 7.05 Å². The maximum absolute atomic E-state index is 13.1. The fourth-order valence-electron chi connectivity index (χ4n) is 2.87. The molecule has 18 heteroatoms. The normalized spacial score (nSPS) is 21.2. The smallest absolute Gasteiger partial charge is 0.373 e. The van der Waals surface area contributed by atoms with E-state index in [9.17, 15) is 41.1 Å². The maximum atomic E-state index is 13.1. The molecule has 1 aromatic rings. The highest BCUT2D eigenvalue weighted by atomic mass is 32.2. The van der Waals surface area contributed by atoms with Crippen molar-refractivity contribution >= 4 is 51.1 Å². The molecule has 176 valence electrons. The first-order valence-corrected chi connectivity index (χ1v) is 12.3. The lowest BCUT2D eigenvalue weighted by atomic mass is 10.0. The molecule has 2 amide bonds. The number of hydrogen-bond acceptors (Lipinski definition) is 10. The summed E-state index contributed by atoms with van der Waals surface area (Å²) in [7, 11) is -3.83. The second-order valence-electron chi connectivity index (χ2n) is 6.62. The largest absolute Gasteiger partial charge is 0.477 e. The summed E-state index contributed by atoms with van der Waals surface area (Å²) in [5.74, 6) is -5.05. The Bertz CT molecular complexity index is 1090. The number of β-lactam (4-membered cyclic amide) rings is 1. The lowest BCUT2D eigenvalue weighted by molar-refractivity contribution is -0.150. The standard InChI is InChI=1S/C14H15F3N6O6S3/c1-22-13(19-20-21-22)31-3-6-2-30-11-8(10(25)23(11)9(6)12(26)27)18-7(24)4-32(28,29)14(16,17)5-15/h8,11H,2-5H2,1H3,(H,18,24)(H,26,27)/t8?,11-/m1/s1. The van der Waals surface area contributed by atoms with Crippen LogP contribution in [0.1, 0.15) is 0 Å². The van der Waals surface area contributed by atoms with Gasteiger partial charge in [0.1, 0.15) is 22.9 Å². The Hall–Kier alpha value is -2.34. The van der Waals surface area contributed by atoms with Crippen LogP contribution in [0.3, 0.4) is 0 Å². The van der Waals surface area contributed by atoms with Gasteiger partial charge in [-0.05, 0) is 16.0 Å². The van der Waals surface area contributed by atoms with E-state index in [0.29, 0.717) is 10.7 Å². The molecule has 1 fully saturated rings. The fourth-order valence-corrected chi connectivity index (χ4v) is 6.01. The van der Waals surface area contributed by atoms with Gasteiger partial charge in [-0.15, -0.1) is 16.9 Å². The van der Waals surface area contributed by atoms with Gasteiger partial charge in [-0.1, -0.05) is 11.8 Å². The molecule has 0 bridgehead atoms. The highest BCUT2D eigenvalue weighted by molar-refractivity contribution is 8.01. The van der Waals surface area contributed by atoms with Crippen LogP contribution < -0.4 is 5.32 Å². The Morgan fingerprint density at radius 2 is 2.09 bits per heavy atom. The van der Waals surface area contributed by atoms with E-state index in [0.717, 1.165) is 28.4 Å². The third-order valence-corrected chi connectivity index (χ3v) is 8.55. The van der Waals surface area contributed by atoms with Gasteiger partial charge in [-0.25, -0.2) is 22.3 Å². The molecule has 1 saturated heterocycles. The predicted molar refractivity (Wildman–Crippen MR) is 104 cm³/mol. The first-order chi connectivity index (χ1) is 14.9. The number of halogens is 3. The van der Waals surface area contributed by atoms with Crippen molar-refractivity contribution < 1.29 is 41.1 Å². The number of carboxylic acid groups (broad SMARTS) is 1. The summed E-state index contributed by atoms with van der Waals surface area (Å²) >= 11 is 2.25. The van der Waals surface area contributed by atoms with Crippen LogP contribution in [0.4, 0.5) is 13.2 Å². The number of carbonyl (C=O) groups excluding carboxylic acids is 2. The molecular formula is C14H15F3N6O6S3. The van der Waals surface area contributed by atoms with Gasteiger partial charge in [-0.3, -0.25) is 14.5 Å². The molecule has 3 rings (SSSR count). The Labute approximate surface area is 186 Å². The average molecular weight is 517 g/mol. The molecular weight excluding hydrogens is 501 g/mol. The van der Waals surface area contributed by atoms with Crippen molar-refractivity contribution in [2.75, 3.05) is 23.9 Å². The molecule has 1 unspecified atom stereocenters. The second kappa shape index (κ2) is 8.89. The summed E-state index contributed by atoms with van der Waals surface area (Å²) in [6.07, 6.45) is 0. The summed E-state index contributed by atoms with van der Waals surface area (Å²) in [5, 5.41) is 17.3. The Kier molecular flexibility index (Phi) is 6.75. The first-order valence-electron chi connectivity index (χ1n) is 8.60. The summed E-state index contributed by atoms with van der Waals surface area (Å²) in [5.41, 5.74) is 0.110. The molecule has 2 N–H and O–H groups in total. The zero-order chi connectivity index (χ0) is 23.8. The minimum Gasteiger partial charge on any atom is -0.477 e. The number of nitrogens with one attached hydrogen (secondary N) is 1. The van der Waals surface area contributed by atoms with E-state index in [1.165, 1.54) is 4.68 Å². The zero-order valence-corrected chi connectivity index (χ0v) is 18.5. The number of alkyl halides is 3. The number of tetrazole rings is 1. The maximum Gasteiger partial charge on any atom is 0.373 e. The molecule has 0 spiro atoms. The van der Waals surface area contributed by atoms with Crippen molar-refractivity contribution in [2.45, 2.75) is 21.8 Å². The lowest BCUT2D eigenvalue weighted by Crippen LogP contribution is -2.71. The van der Waals surface area contributed by atoms with Gasteiger partial charge in [0.2, 0.25) is 20.9 Å². The number of aromatic nitrogens is 4. The number of hydrogen-bond donors (Lipinski definition) is 2. The monoisotopic (exact) mass is 516 g/mol. The number of rotatable bonds is 9. The molecule has 0 radical (unpaired) electrons. The predicted octanol–water partition coefficient (Wildman–Crippen LogP) is -0.982. The lowest BCUT2D eigenvalue weighted by Gasteiger charge is -2.49. The van der Waals surface area contributed by atoms with Crippen LogP contribution in [0.5, 0.6) is 0 Å². The van der Waals surface area contributed by atoms with Gasteiger partial charge >= 0.3 is 11.2 Å². The third-order valence-electron chi connectivity index (χ3n) is 4.45. The number of aryl methyl sites for hydroxylation is 1. The number of sulfone groups is 1. The fraction of sp³-hybridized carbons (Fsp3) is 0.571. The highest BCUT2D eigenvalue weighted by Crippen LogP contribution is 2.41. The molecule has 12 nitrogen and oxygen atoms in total. The first kappa shape index (κ1) is 24.3. The molecule has 0 saturated carbocycles. The van der Waals surface area contributed by atoms with Crippen molar-refractivity contribution in [3.63, 3.8) is 0 Å². The van der Waals surface area contributed by atoms with Crippen molar-refractivity contribution in [3.8, 4) is 0 Å². The topological polar surface area (TPSA) is 164 Å². The van der Waals surface area contributed by atoms with Crippen LogP contribution in [-0.2, 0) is 31.3 Å². The van der Waals surface area contributed by atoms with E-state index in [1.54, 1.807) is 7.05 Å². The summed E-state index contributed by atoms with van der Waals surface area (Å²) in [6.45, 7) is -2.49. The molecule has 2 atom stereocenters. The summed E-state index contributed by atoms with van der Waals surface area (Å²) in [6, 6.07) is -1.31. The van der Waals surface area contributed by atoms with Gasteiger partial charge in [-0.2, -0.15) is 8.78 Å². The van der Waals surface area contributed by atoms with Crippen LogP contribution in [0.15, 0.2) is 16.4 Å². The van der Waals surface area contributed by atoms with Gasteiger partial charge in [0.15, 0.2) is 6.67 Å². The number of carbonyl (C=O) groups is 3. The number of amides is 2. The Balaban J connectivity index is 1.70. The van der Waals surface area contributed by atoms with Gasteiger partial charge in [0.25, 0.3) is 5.91 Å². The van der Waals surface area contributed by atoms with E-state index in [4.69, 9.17) is 0 Å². The number of nitrogens with zero attached hydrogens (tertiary/aromatic N) is 5. The van der Waals surface area contributed by atoms with Gasteiger partial charge in [0, 0.05) is 18.6 Å². The Morgan fingerprint density at radius 1 is 1.41 bits per heavy atom. The highest BCUT2D eigenvalue weighted by Gasteiger charge is 2.55. The number of carboxylic acids is 1. The SMILES string of the molecule is Cn1nnnc1SCC1=C(C(=O)O)N2C(=O)C(NC(=O)CS(=O)(=O)C(F)(F)CF)[C@H]2SC1.